The van der Waals surface area contributed by atoms with Crippen LogP contribution in [0.3, 0.4) is 0 Å². The van der Waals surface area contributed by atoms with Crippen LogP contribution in [0.5, 0.6) is 0 Å². The minimum absolute atomic E-state index is 0.126. The second-order valence-electron chi connectivity index (χ2n) is 8.01. The summed E-state index contributed by atoms with van der Waals surface area (Å²) in [6, 6.07) is 12.6. The van der Waals surface area contributed by atoms with Gasteiger partial charge < -0.3 is 9.47 Å². The molecule has 1 fully saturated rings. The summed E-state index contributed by atoms with van der Waals surface area (Å²) in [6.07, 6.45) is 5.96. The van der Waals surface area contributed by atoms with Gasteiger partial charge in [0.25, 0.3) is 5.91 Å². The minimum Gasteiger partial charge on any atom is -0.331 e. The zero-order valence-corrected chi connectivity index (χ0v) is 16.9. The fourth-order valence-corrected chi connectivity index (χ4v) is 3.60. The number of imidazole rings is 1. The van der Waals surface area contributed by atoms with Crippen LogP contribution in [-0.2, 0) is 13.1 Å². The maximum atomic E-state index is 14.2. The van der Waals surface area contributed by atoms with Gasteiger partial charge in [-0.1, -0.05) is 35.9 Å². The molecule has 1 heterocycles. The Hall–Kier alpha value is -2.95. The Morgan fingerprint density at radius 3 is 2.76 bits per heavy atom. The number of benzene rings is 2. The van der Waals surface area contributed by atoms with Crippen molar-refractivity contribution >= 4 is 5.91 Å². The second-order valence-corrected chi connectivity index (χ2v) is 8.01. The first kappa shape index (κ1) is 19.4. The molecule has 29 heavy (non-hydrogen) atoms. The molecule has 0 aliphatic heterocycles. The molecule has 1 aromatic heterocycles. The normalized spacial score (nSPS) is 13.5. The van der Waals surface area contributed by atoms with Gasteiger partial charge in [-0.3, -0.25) is 4.79 Å². The average Bonchev–Trinajstić information content (AvgIpc) is 3.42. The molecule has 0 unspecified atom stereocenters. The third-order valence-electron chi connectivity index (χ3n) is 5.55. The summed E-state index contributed by atoms with van der Waals surface area (Å²) in [5.74, 6) is 0.581. The molecule has 150 valence electrons. The molecule has 2 aromatic carbocycles. The lowest BCUT2D eigenvalue weighted by atomic mass is 10.1. The maximum absolute atomic E-state index is 14.2. The molecule has 0 N–H and O–H groups in total. The molecular formula is C24H26FN3O. The molecule has 0 saturated heterocycles. The van der Waals surface area contributed by atoms with Crippen molar-refractivity contribution in [2.75, 3.05) is 6.54 Å². The average molecular weight is 391 g/mol. The SMILES string of the molecule is Cc1ccc(C)c(Cn2ccnc2CN(CC2CC2)C(=O)c2ccccc2F)c1. The fraction of sp³-hybridized carbons (Fsp3) is 0.333. The van der Waals surface area contributed by atoms with E-state index < -0.39 is 5.82 Å². The second kappa shape index (κ2) is 8.19. The predicted molar refractivity (Wildman–Crippen MR) is 111 cm³/mol. The van der Waals surface area contributed by atoms with Crippen molar-refractivity contribution in [1.29, 1.82) is 0 Å². The third-order valence-corrected chi connectivity index (χ3v) is 5.55. The quantitative estimate of drug-likeness (QED) is 0.583. The number of aryl methyl sites for hydroxylation is 2. The van der Waals surface area contributed by atoms with Gasteiger partial charge in [-0.05, 0) is 55.9 Å². The van der Waals surface area contributed by atoms with Gasteiger partial charge in [0, 0.05) is 25.5 Å². The lowest BCUT2D eigenvalue weighted by Crippen LogP contribution is -2.34. The lowest BCUT2D eigenvalue weighted by Gasteiger charge is -2.23. The Bertz CT molecular complexity index is 1020. The molecule has 0 bridgehead atoms. The number of rotatable bonds is 7. The smallest absolute Gasteiger partial charge is 0.257 e. The van der Waals surface area contributed by atoms with E-state index in [0.29, 0.717) is 25.6 Å². The van der Waals surface area contributed by atoms with Crippen LogP contribution in [0.2, 0.25) is 0 Å². The summed E-state index contributed by atoms with van der Waals surface area (Å²) in [5.41, 5.74) is 3.81. The molecule has 4 rings (SSSR count). The van der Waals surface area contributed by atoms with Gasteiger partial charge in [0.15, 0.2) is 0 Å². The summed E-state index contributed by atoms with van der Waals surface area (Å²) in [7, 11) is 0. The van der Waals surface area contributed by atoms with Crippen LogP contribution >= 0.6 is 0 Å². The van der Waals surface area contributed by atoms with Crippen LogP contribution in [-0.4, -0.2) is 26.9 Å². The Morgan fingerprint density at radius 1 is 1.21 bits per heavy atom. The molecule has 4 nitrogen and oxygen atoms in total. The highest BCUT2D eigenvalue weighted by Gasteiger charge is 2.29. The van der Waals surface area contributed by atoms with Crippen molar-refractivity contribution in [2.24, 2.45) is 5.92 Å². The third kappa shape index (κ3) is 4.56. The van der Waals surface area contributed by atoms with E-state index in [1.807, 2.05) is 6.20 Å². The van der Waals surface area contributed by atoms with Gasteiger partial charge in [-0.2, -0.15) is 0 Å². The summed E-state index contributed by atoms with van der Waals surface area (Å²) in [4.78, 5) is 19.3. The van der Waals surface area contributed by atoms with Crippen LogP contribution in [0, 0.1) is 25.6 Å². The van der Waals surface area contributed by atoms with E-state index in [1.165, 1.54) is 22.8 Å². The first-order valence-corrected chi connectivity index (χ1v) is 10.1. The summed E-state index contributed by atoms with van der Waals surface area (Å²) < 4.78 is 16.3. The van der Waals surface area contributed by atoms with Gasteiger partial charge in [0.2, 0.25) is 0 Å². The standard InChI is InChI=1S/C24H26FN3O/c1-17-7-8-18(2)20(13-17)15-27-12-11-26-23(27)16-28(14-19-9-10-19)24(29)21-5-3-4-6-22(21)25/h3-8,11-13,19H,9-10,14-16H2,1-2H3. The van der Waals surface area contributed by atoms with Crippen molar-refractivity contribution in [2.45, 2.75) is 39.8 Å². The molecule has 5 heteroatoms. The van der Waals surface area contributed by atoms with Gasteiger partial charge in [-0.15, -0.1) is 0 Å². The highest BCUT2D eigenvalue weighted by atomic mass is 19.1. The van der Waals surface area contributed by atoms with Crippen molar-refractivity contribution in [1.82, 2.24) is 14.5 Å². The lowest BCUT2D eigenvalue weighted by molar-refractivity contribution is 0.0724. The summed E-state index contributed by atoms with van der Waals surface area (Å²) in [6.45, 7) is 5.91. The summed E-state index contributed by atoms with van der Waals surface area (Å²) in [5, 5.41) is 0. The number of nitrogens with zero attached hydrogens (tertiary/aromatic N) is 3. The first-order valence-electron chi connectivity index (χ1n) is 10.1. The van der Waals surface area contributed by atoms with Gasteiger partial charge in [-0.25, -0.2) is 9.37 Å². The highest BCUT2D eigenvalue weighted by Crippen LogP contribution is 2.31. The monoisotopic (exact) mass is 391 g/mol. The molecule has 0 radical (unpaired) electrons. The van der Waals surface area contributed by atoms with Crippen LogP contribution in [0.15, 0.2) is 54.9 Å². The number of halogens is 1. The van der Waals surface area contributed by atoms with E-state index >= 15 is 0 Å². The number of aromatic nitrogens is 2. The van der Waals surface area contributed by atoms with Gasteiger partial charge in [0.1, 0.15) is 11.6 Å². The fourth-order valence-electron chi connectivity index (χ4n) is 3.60. The number of hydrogen-bond acceptors (Lipinski definition) is 2. The largest absolute Gasteiger partial charge is 0.331 e. The molecule has 1 aliphatic rings. The van der Waals surface area contributed by atoms with Crippen molar-refractivity contribution < 1.29 is 9.18 Å². The Balaban J connectivity index is 1.57. The number of amides is 1. The Morgan fingerprint density at radius 2 is 2.00 bits per heavy atom. The number of carbonyl (C=O) groups excluding carboxylic acids is 1. The molecule has 1 saturated carbocycles. The number of carbonyl (C=O) groups is 1. The topological polar surface area (TPSA) is 38.1 Å². The van der Waals surface area contributed by atoms with E-state index in [-0.39, 0.29) is 11.5 Å². The molecule has 1 amide bonds. The minimum atomic E-state index is -0.475. The molecule has 0 atom stereocenters. The van der Waals surface area contributed by atoms with Gasteiger partial charge in [0.05, 0.1) is 12.1 Å². The molecular weight excluding hydrogens is 365 g/mol. The maximum Gasteiger partial charge on any atom is 0.257 e. The van der Waals surface area contributed by atoms with Crippen LogP contribution in [0.4, 0.5) is 4.39 Å². The van der Waals surface area contributed by atoms with Crippen molar-refractivity contribution in [3.05, 3.63) is 88.8 Å². The Labute approximate surface area is 171 Å². The van der Waals surface area contributed by atoms with Crippen molar-refractivity contribution in [3.8, 4) is 0 Å². The molecule has 0 spiro atoms. The molecule has 3 aromatic rings. The van der Waals surface area contributed by atoms with E-state index in [4.69, 9.17) is 0 Å². The first-order chi connectivity index (χ1) is 14.0. The van der Waals surface area contributed by atoms with E-state index in [0.717, 1.165) is 18.7 Å². The van der Waals surface area contributed by atoms with Crippen molar-refractivity contribution in [3.63, 3.8) is 0 Å². The molecule has 1 aliphatic carbocycles. The zero-order chi connectivity index (χ0) is 20.4. The van der Waals surface area contributed by atoms with E-state index in [2.05, 4.69) is 41.6 Å². The summed E-state index contributed by atoms with van der Waals surface area (Å²) >= 11 is 0. The van der Waals surface area contributed by atoms with E-state index in [1.54, 1.807) is 29.3 Å². The van der Waals surface area contributed by atoms with Gasteiger partial charge >= 0.3 is 0 Å². The van der Waals surface area contributed by atoms with Crippen LogP contribution in [0.25, 0.3) is 0 Å². The predicted octanol–water partition coefficient (Wildman–Crippen LogP) is 4.74. The van der Waals surface area contributed by atoms with Crippen LogP contribution in [0.1, 0.15) is 45.7 Å². The number of hydrogen-bond donors (Lipinski definition) is 0. The van der Waals surface area contributed by atoms with Crippen LogP contribution < -0.4 is 0 Å². The zero-order valence-electron chi connectivity index (χ0n) is 16.9. The van der Waals surface area contributed by atoms with E-state index in [9.17, 15) is 9.18 Å². The Kier molecular flexibility index (Phi) is 5.47. The highest BCUT2D eigenvalue weighted by molar-refractivity contribution is 5.94.